The predicted octanol–water partition coefficient (Wildman–Crippen LogP) is 6.98. The van der Waals surface area contributed by atoms with Crippen LogP contribution in [0.15, 0.2) is 28.7 Å². The van der Waals surface area contributed by atoms with Crippen LogP contribution in [-0.4, -0.2) is 12.5 Å². The molecule has 0 aromatic heterocycles. The molecular weight excluding hydrogens is 426 g/mol. The van der Waals surface area contributed by atoms with E-state index in [1.54, 1.807) is 0 Å². The number of rotatable bonds is 6. The van der Waals surface area contributed by atoms with E-state index >= 15 is 0 Å². The quantitative estimate of drug-likeness (QED) is 0.513. The lowest BCUT2D eigenvalue weighted by Gasteiger charge is -2.20. The Bertz CT molecular complexity index is 820. The highest BCUT2D eigenvalue weighted by Gasteiger charge is 2.17. The molecule has 0 heterocycles. The van der Waals surface area contributed by atoms with Crippen molar-refractivity contribution in [3.63, 3.8) is 0 Å². The van der Waals surface area contributed by atoms with Gasteiger partial charge in [0.15, 0.2) is 6.61 Å². The van der Waals surface area contributed by atoms with Gasteiger partial charge in [-0.05, 0) is 69.9 Å². The van der Waals surface area contributed by atoms with E-state index in [0.29, 0.717) is 22.6 Å². The first-order valence-electron chi connectivity index (χ1n) is 9.14. The van der Waals surface area contributed by atoms with Gasteiger partial charge in [-0.2, -0.15) is 0 Å². The van der Waals surface area contributed by atoms with Gasteiger partial charge in [-0.15, -0.1) is 0 Å². The van der Waals surface area contributed by atoms with Crippen LogP contribution in [0.4, 0.5) is 5.69 Å². The summed E-state index contributed by atoms with van der Waals surface area (Å²) >= 11 is 9.76. The topological polar surface area (TPSA) is 38.3 Å². The number of carbonyl (C=O) groups excluding carboxylic acids is 1. The Kier molecular flexibility index (Phi) is 7.35. The minimum Gasteiger partial charge on any atom is -0.483 e. The van der Waals surface area contributed by atoms with Crippen molar-refractivity contribution in [3.05, 3.63) is 56.0 Å². The fraction of sp³-hybridized carbons (Fsp3) is 0.409. The lowest BCUT2D eigenvalue weighted by Crippen LogP contribution is -2.22. The first-order valence-corrected chi connectivity index (χ1v) is 10.3. The van der Waals surface area contributed by atoms with Crippen molar-refractivity contribution in [2.24, 2.45) is 0 Å². The molecule has 0 unspecified atom stereocenters. The van der Waals surface area contributed by atoms with Crippen molar-refractivity contribution >= 4 is 39.1 Å². The summed E-state index contributed by atoms with van der Waals surface area (Å²) in [6.45, 7) is 12.3. The second kappa shape index (κ2) is 9.11. The molecule has 0 radical (unpaired) electrons. The van der Waals surface area contributed by atoms with Crippen LogP contribution in [0.3, 0.4) is 0 Å². The van der Waals surface area contributed by atoms with Gasteiger partial charge < -0.3 is 10.1 Å². The summed E-state index contributed by atoms with van der Waals surface area (Å²) < 4.78 is 6.54. The van der Waals surface area contributed by atoms with E-state index in [0.717, 1.165) is 32.4 Å². The highest BCUT2D eigenvalue weighted by atomic mass is 79.9. The summed E-state index contributed by atoms with van der Waals surface area (Å²) in [5, 5.41) is 3.77. The number of para-hydroxylation sites is 1. The highest BCUT2D eigenvalue weighted by molar-refractivity contribution is 9.10. The number of anilines is 1. The first-order chi connectivity index (χ1) is 12.6. The van der Waals surface area contributed by atoms with Crippen molar-refractivity contribution in [1.82, 2.24) is 0 Å². The van der Waals surface area contributed by atoms with Gasteiger partial charge in [0.1, 0.15) is 5.75 Å². The first kappa shape index (κ1) is 21.8. The van der Waals surface area contributed by atoms with Crippen LogP contribution < -0.4 is 10.1 Å². The van der Waals surface area contributed by atoms with Crippen molar-refractivity contribution in [3.8, 4) is 5.75 Å². The molecule has 0 fully saturated rings. The molecule has 0 aliphatic rings. The number of aryl methyl sites for hydroxylation is 1. The summed E-state index contributed by atoms with van der Waals surface area (Å²) in [5.74, 6) is 1.07. The number of hydrogen-bond acceptors (Lipinski definition) is 2. The Balaban J connectivity index is 2.20. The van der Waals surface area contributed by atoms with Crippen molar-refractivity contribution < 1.29 is 9.53 Å². The summed E-state index contributed by atoms with van der Waals surface area (Å²) in [6.07, 6.45) is 0. The summed E-state index contributed by atoms with van der Waals surface area (Å²) in [4.78, 5) is 12.6. The van der Waals surface area contributed by atoms with Gasteiger partial charge in [-0.1, -0.05) is 57.5 Å². The predicted molar refractivity (Wildman–Crippen MR) is 117 cm³/mol. The SMILES string of the molecule is Cc1cc(OCC(=O)Nc2c(C(C)C)cccc2C(C)C)c(Br)c(C)c1Cl. The standard InChI is InChI=1S/C22H27BrClNO2/c1-12(2)16-8-7-9-17(13(3)4)22(16)25-19(26)11-27-18-10-14(5)21(24)15(6)20(18)23/h7-10,12-13H,11H2,1-6H3,(H,25,26). The average molecular weight is 453 g/mol. The molecule has 3 nitrogen and oxygen atoms in total. The van der Waals surface area contributed by atoms with Gasteiger partial charge in [0, 0.05) is 10.7 Å². The second-order valence-corrected chi connectivity index (χ2v) is 8.57. The fourth-order valence-electron chi connectivity index (χ4n) is 3.02. The molecule has 27 heavy (non-hydrogen) atoms. The molecule has 5 heteroatoms. The molecule has 0 spiro atoms. The Morgan fingerprint density at radius 2 is 1.70 bits per heavy atom. The third kappa shape index (κ3) is 5.05. The Hall–Kier alpha value is -1.52. The maximum Gasteiger partial charge on any atom is 0.262 e. The minimum absolute atomic E-state index is 0.0664. The number of hydrogen-bond donors (Lipinski definition) is 1. The largest absolute Gasteiger partial charge is 0.483 e. The zero-order chi connectivity index (χ0) is 20.3. The number of carbonyl (C=O) groups is 1. The molecule has 0 atom stereocenters. The number of ether oxygens (including phenoxy) is 1. The number of nitrogens with one attached hydrogen (secondary N) is 1. The molecule has 2 aromatic carbocycles. The van der Waals surface area contributed by atoms with Crippen molar-refractivity contribution in [2.75, 3.05) is 11.9 Å². The lowest BCUT2D eigenvalue weighted by molar-refractivity contribution is -0.118. The third-order valence-corrected chi connectivity index (χ3v) is 6.13. The molecule has 2 aromatic rings. The van der Waals surface area contributed by atoms with Crippen molar-refractivity contribution in [1.29, 1.82) is 0 Å². The number of halogens is 2. The number of benzene rings is 2. The normalized spacial score (nSPS) is 11.2. The average Bonchev–Trinajstić information content (AvgIpc) is 2.61. The molecule has 1 amide bonds. The molecular formula is C22H27BrClNO2. The molecule has 0 aliphatic carbocycles. The van der Waals surface area contributed by atoms with Gasteiger partial charge in [0.05, 0.1) is 4.47 Å². The Labute approximate surface area is 175 Å². The van der Waals surface area contributed by atoms with Gasteiger partial charge in [0.25, 0.3) is 5.91 Å². The van der Waals surface area contributed by atoms with Crippen LogP contribution in [0, 0.1) is 13.8 Å². The van der Waals surface area contributed by atoms with E-state index in [-0.39, 0.29) is 12.5 Å². The fourth-order valence-corrected chi connectivity index (χ4v) is 3.71. The van der Waals surface area contributed by atoms with E-state index in [2.05, 4.69) is 61.1 Å². The van der Waals surface area contributed by atoms with Crippen LogP contribution in [0.25, 0.3) is 0 Å². The van der Waals surface area contributed by atoms with Crippen LogP contribution in [0.2, 0.25) is 5.02 Å². The van der Waals surface area contributed by atoms with Gasteiger partial charge in [0.2, 0.25) is 0 Å². The minimum atomic E-state index is -0.179. The molecule has 2 rings (SSSR count). The zero-order valence-corrected chi connectivity index (χ0v) is 19.1. The maximum atomic E-state index is 12.6. The van der Waals surface area contributed by atoms with E-state index in [4.69, 9.17) is 16.3 Å². The third-order valence-electron chi connectivity index (χ3n) is 4.56. The van der Waals surface area contributed by atoms with Crippen LogP contribution >= 0.6 is 27.5 Å². The van der Waals surface area contributed by atoms with E-state index in [9.17, 15) is 4.79 Å². The van der Waals surface area contributed by atoms with Crippen LogP contribution in [0.5, 0.6) is 5.75 Å². The van der Waals surface area contributed by atoms with Gasteiger partial charge >= 0.3 is 0 Å². The van der Waals surface area contributed by atoms with E-state index < -0.39 is 0 Å². The van der Waals surface area contributed by atoms with E-state index in [1.165, 1.54) is 0 Å². The molecule has 0 saturated carbocycles. The smallest absolute Gasteiger partial charge is 0.262 e. The molecule has 1 N–H and O–H groups in total. The highest BCUT2D eigenvalue weighted by Crippen LogP contribution is 2.36. The summed E-state index contributed by atoms with van der Waals surface area (Å²) in [5.41, 5.74) is 4.99. The Morgan fingerprint density at radius 3 is 2.22 bits per heavy atom. The Morgan fingerprint density at radius 1 is 1.15 bits per heavy atom. The zero-order valence-electron chi connectivity index (χ0n) is 16.7. The lowest BCUT2D eigenvalue weighted by atomic mass is 9.92. The number of amides is 1. The van der Waals surface area contributed by atoms with Crippen LogP contribution in [-0.2, 0) is 4.79 Å². The summed E-state index contributed by atoms with van der Waals surface area (Å²) in [6, 6.07) is 8.02. The van der Waals surface area contributed by atoms with Crippen LogP contribution in [0.1, 0.15) is 61.8 Å². The monoisotopic (exact) mass is 451 g/mol. The molecule has 146 valence electrons. The molecule has 0 saturated heterocycles. The van der Waals surface area contributed by atoms with Crippen molar-refractivity contribution in [2.45, 2.75) is 53.4 Å². The second-order valence-electron chi connectivity index (χ2n) is 7.40. The van der Waals surface area contributed by atoms with Gasteiger partial charge in [-0.3, -0.25) is 4.79 Å². The molecule has 0 bridgehead atoms. The maximum absolute atomic E-state index is 12.6. The summed E-state index contributed by atoms with van der Waals surface area (Å²) in [7, 11) is 0. The van der Waals surface area contributed by atoms with E-state index in [1.807, 2.05) is 26.0 Å². The molecule has 0 aliphatic heterocycles. The van der Waals surface area contributed by atoms with Gasteiger partial charge in [-0.25, -0.2) is 0 Å².